The maximum absolute atomic E-state index is 11.6. The van der Waals surface area contributed by atoms with E-state index in [4.69, 9.17) is 15.0 Å². The Labute approximate surface area is 118 Å². The lowest BCUT2D eigenvalue weighted by Gasteiger charge is -2.05. The normalized spacial score (nSPS) is 10.6. The number of benzene rings is 1. The Morgan fingerprint density at radius 3 is 2.84 bits per heavy atom. The number of nitrogens with zero attached hydrogens (tertiary/aromatic N) is 3. The molecule has 0 saturated heterocycles. The van der Waals surface area contributed by atoms with Crippen molar-refractivity contribution < 1.29 is 14.3 Å². The van der Waals surface area contributed by atoms with Crippen molar-refractivity contribution >= 4 is 28.0 Å². The fourth-order valence-corrected chi connectivity index (χ4v) is 1.87. The molecule has 0 atom stereocenters. The van der Waals surface area contributed by atoms with E-state index in [1.165, 1.54) is 6.08 Å². The molecule has 0 aromatic heterocycles. The van der Waals surface area contributed by atoms with Gasteiger partial charge in [0, 0.05) is 4.91 Å². The van der Waals surface area contributed by atoms with Crippen LogP contribution in [0.25, 0.3) is 16.5 Å². The first-order valence-electron chi connectivity index (χ1n) is 5.39. The number of carbonyl (C=O) groups is 1. The summed E-state index contributed by atoms with van der Waals surface area (Å²) in [5.74, 6) is 0.00543. The van der Waals surface area contributed by atoms with Gasteiger partial charge >= 0.3 is 5.97 Å². The van der Waals surface area contributed by atoms with Gasteiger partial charge in [-0.05, 0) is 52.2 Å². The lowest BCUT2D eigenvalue weighted by Crippen LogP contribution is -2.05. The van der Waals surface area contributed by atoms with E-state index < -0.39 is 5.97 Å². The van der Waals surface area contributed by atoms with Crippen LogP contribution in [0.5, 0.6) is 5.75 Å². The van der Waals surface area contributed by atoms with Crippen molar-refractivity contribution in [3.8, 4) is 5.75 Å². The molecule has 0 unspecified atom stereocenters. The minimum atomic E-state index is -0.660. The molecule has 1 aromatic carbocycles. The van der Waals surface area contributed by atoms with E-state index in [0.29, 0.717) is 11.3 Å². The summed E-state index contributed by atoms with van der Waals surface area (Å²) in [7, 11) is 1.56. The number of carbonyl (C=O) groups excluding carboxylic acids is 1. The molecule has 0 saturated carbocycles. The SMILES string of the molecule is CCOC(=O)C(=Cc1ccc(OC)c(Br)c1)N=[N+]=[N-]. The summed E-state index contributed by atoms with van der Waals surface area (Å²) in [6, 6.07) is 5.20. The van der Waals surface area contributed by atoms with Crippen molar-refractivity contribution in [1.29, 1.82) is 0 Å². The number of hydrogen-bond donors (Lipinski definition) is 0. The van der Waals surface area contributed by atoms with E-state index in [0.717, 1.165) is 4.47 Å². The summed E-state index contributed by atoms with van der Waals surface area (Å²) in [5.41, 5.74) is 9.04. The van der Waals surface area contributed by atoms with Crippen LogP contribution in [0, 0.1) is 0 Å². The van der Waals surface area contributed by atoms with Gasteiger partial charge in [-0.2, -0.15) is 0 Å². The van der Waals surface area contributed by atoms with Gasteiger partial charge in [-0.25, -0.2) is 4.79 Å². The van der Waals surface area contributed by atoms with Crippen LogP contribution in [0.15, 0.2) is 33.5 Å². The molecule has 6 nitrogen and oxygen atoms in total. The zero-order chi connectivity index (χ0) is 14.3. The largest absolute Gasteiger partial charge is 0.496 e. The van der Waals surface area contributed by atoms with Crippen LogP contribution >= 0.6 is 15.9 Å². The second-order valence-corrected chi connectivity index (χ2v) is 4.19. The van der Waals surface area contributed by atoms with Crippen LogP contribution in [-0.2, 0) is 9.53 Å². The van der Waals surface area contributed by atoms with Gasteiger partial charge in [0.1, 0.15) is 11.4 Å². The summed E-state index contributed by atoms with van der Waals surface area (Å²) in [6.07, 6.45) is 1.45. The van der Waals surface area contributed by atoms with E-state index in [1.807, 2.05) is 0 Å². The zero-order valence-electron chi connectivity index (χ0n) is 10.5. The van der Waals surface area contributed by atoms with Gasteiger partial charge in [0.25, 0.3) is 0 Å². The molecule has 0 aliphatic heterocycles. The lowest BCUT2D eigenvalue weighted by molar-refractivity contribution is -0.138. The van der Waals surface area contributed by atoms with E-state index >= 15 is 0 Å². The second-order valence-electron chi connectivity index (χ2n) is 3.33. The second kappa shape index (κ2) is 7.45. The van der Waals surface area contributed by atoms with Crippen molar-refractivity contribution in [1.82, 2.24) is 0 Å². The minimum Gasteiger partial charge on any atom is -0.496 e. The van der Waals surface area contributed by atoms with Gasteiger partial charge in [-0.3, -0.25) is 0 Å². The molecule has 1 rings (SSSR count). The summed E-state index contributed by atoms with van der Waals surface area (Å²) in [6.45, 7) is 1.89. The molecule has 100 valence electrons. The summed E-state index contributed by atoms with van der Waals surface area (Å²) in [5, 5.41) is 3.33. The van der Waals surface area contributed by atoms with Gasteiger partial charge in [0.15, 0.2) is 0 Å². The zero-order valence-corrected chi connectivity index (χ0v) is 12.0. The third-order valence-corrected chi connectivity index (χ3v) is 2.74. The minimum absolute atomic E-state index is 0.0959. The van der Waals surface area contributed by atoms with Crippen molar-refractivity contribution in [2.75, 3.05) is 13.7 Å². The third kappa shape index (κ3) is 4.31. The first kappa shape index (κ1) is 15.1. The van der Waals surface area contributed by atoms with E-state index in [-0.39, 0.29) is 12.3 Å². The monoisotopic (exact) mass is 325 g/mol. The van der Waals surface area contributed by atoms with Gasteiger partial charge in [0.2, 0.25) is 0 Å². The van der Waals surface area contributed by atoms with E-state index in [9.17, 15) is 4.79 Å². The number of ether oxygens (including phenoxy) is 2. The van der Waals surface area contributed by atoms with Crippen molar-refractivity contribution in [2.45, 2.75) is 6.92 Å². The summed E-state index contributed by atoms with van der Waals surface area (Å²) >= 11 is 3.33. The predicted molar refractivity (Wildman–Crippen MR) is 74.5 cm³/mol. The van der Waals surface area contributed by atoms with Gasteiger partial charge in [0.05, 0.1) is 18.2 Å². The number of azide groups is 1. The summed E-state index contributed by atoms with van der Waals surface area (Å²) < 4.78 is 10.6. The Morgan fingerprint density at radius 2 is 2.32 bits per heavy atom. The van der Waals surface area contributed by atoms with Crippen molar-refractivity contribution in [2.24, 2.45) is 5.11 Å². The van der Waals surface area contributed by atoms with Crippen LogP contribution in [0.3, 0.4) is 0 Å². The molecule has 0 aliphatic rings. The smallest absolute Gasteiger partial charge is 0.340 e. The number of rotatable bonds is 5. The fraction of sp³-hybridized carbons (Fsp3) is 0.250. The van der Waals surface area contributed by atoms with E-state index in [1.54, 1.807) is 32.2 Å². The molecular weight excluding hydrogens is 314 g/mol. The molecule has 7 heteroatoms. The highest BCUT2D eigenvalue weighted by molar-refractivity contribution is 9.10. The number of methoxy groups -OCH3 is 1. The Kier molecular flexibility index (Phi) is 5.92. The first-order valence-corrected chi connectivity index (χ1v) is 6.19. The highest BCUT2D eigenvalue weighted by Crippen LogP contribution is 2.26. The van der Waals surface area contributed by atoms with Crippen LogP contribution in [0.4, 0.5) is 0 Å². The lowest BCUT2D eigenvalue weighted by atomic mass is 10.2. The fourth-order valence-electron chi connectivity index (χ4n) is 1.31. The molecule has 0 amide bonds. The quantitative estimate of drug-likeness (QED) is 0.272. The van der Waals surface area contributed by atoms with Gasteiger partial charge < -0.3 is 9.47 Å². The number of hydrogen-bond acceptors (Lipinski definition) is 4. The van der Waals surface area contributed by atoms with Crippen LogP contribution in [-0.4, -0.2) is 19.7 Å². The number of halogens is 1. The molecule has 0 heterocycles. The maximum atomic E-state index is 11.6. The molecule has 0 fully saturated rings. The molecule has 0 radical (unpaired) electrons. The number of esters is 1. The predicted octanol–water partition coefficient (Wildman–Crippen LogP) is 3.67. The van der Waals surface area contributed by atoms with E-state index in [2.05, 4.69) is 26.0 Å². The van der Waals surface area contributed by atoms with Crippen LogP contribution in [0.1, 0.15) is 12.5 Å². The topological polar surface area (TPSA) is 84.3 Å². The Morgan fingerprint density at radius 1 is 1.58 bits per heavy atom. The molecule has 0 spiro atoms. The Balaban J connectivity index is 3.11. The van der Waals surface area contributed by atoms with Gasteiger partial charge in [-0.15, -0.1) is 0 Å². The average Bonchev–Trinajstić information content (AvgIpc) is 2.39. The summed E-state index contributed by atoms with van der Waals surface area (Å²) in [4.78, 5) is 14.2. The Hall–Kier alpha value is -1.98. The highest BCUT2D eigenvalue weighted by atomic mass is 79.9. The molecule has 0 aliphatic carbocycles. The molecule has 19 heavy (non-hydrogen) atoms. The van der Waals surface area contributed by atoms with Crippen molar-refractivity contribution in [3.05, 3.63) is 44.4 Å². The Bertz CT molecular complexity index is 551. The van der Waals surface area contributed by atoms with Gasteiger partial charge in [-0.1, -0.05) is 11.2 Å². The molecule has 1 aromatic rings. The van der Waals surface area contributed by atoms with Crippen LogP contribution < -0.4 is 4.74 Å². The standard InChI is InChI=1S/C12H12BrN3O3/c1-3-19-12(17)10(15-16-14)7-8-4-5-11(18-2)9(13)6-8/h4-7H,3H2,1-2H3. The first-order chi connectivity index (χ1) is 9.12. The molecule has 0 bridgehead atoms. The molecule has 0 N–H and O–H groups in total. The van der Waals surface area contributed by atoms with Crippen molar-refractivity contribution in [3.63, 3.8) is 0 Å². The third-order valence-electron chi connectivity index (χ3n) is 2.12. The maximum Gasteiger partial charge on any atom is 0.340 e. The average molecular weight is 326 g/mol. The molecular formula is C12H12BrN3O3. The highest BCUT2D eigenvalue weighted by Gasteiger charge is 2.09. The van der Waals surface area contributed by atoms with Crippen LogP contribution in [0.2, 0.25) is 0 Å².